The number of hydrogen-bond acceptors (Lipinski definition) is 3. The van der Waals surface area contributed by atoms with Crippen molar-refractivity contribution in [2.75, 3.05) is 5.32 Å². The van der Waals surface area contributed by atoms with Crippen LogP contribution < -0.4 is 10.9 Å². The van der Waals surface area contributed by atoms with Crippen LogP contribution >= 0.6 is 0 Å². The lowest BCUT2D eigenvalue weighted by atomic mass is 10.1. The van der Waals surface area contributed by atoms with E-state index in [1.807, 2.05) is 31.2 Å². The molecule has 0 aliphatic rings. The molecule has 0 atom stereocenters. The fourth-order valence-corrected chi connectivity index (χ4v) is 3.22. The summed E-state index contributed by atoms with van der Waals surface area (Å²) in [7, 11) is 0. The number of hydrogen-bond donors (Lipinski definition) is 1. The number of aryl methyl sites for hydroxylation is 1. The molecule has 5 nitrogen and oxygen atoms in total. The van der Waals surface area contributed by atoms with Crippen molar-refractivity contribution in [2.24, 2.45) is 0 Å². The second kappa shape index (κ2) is 7.67. The van der Waals surface area contributed by atoms with Crippen molar-refractivity contribution < 1.29 is 9.18 Å². The van der Waals surface area contributed by atoms with Crippen LogP contribution in [0.1, 0.15) is 21.6 Å². The van der Waals surface area contributed by atoms with Gasteiger partial charge in [0.2, 0.25) is 0 Å². The van der Waals surface area contributed by atoms with E-state index in [-0.39, 0.29) is 17.9 Å². The Morgan fingerprint density at radius 2 is 1.83 bits per heavy atom. The number of fused-ring (bicyclic) bond motifs is 1. The molecule has 0 saturated heterocycles. The number of rotatable bonds is 4. The molecule has 0 aliphatic heterocycles. The fourth-order valence-electron chi connectivity index (χ4n) is 3.22. The Morgan fingerprint density at radius 1 is 1.07 bits per heavy atom. The Morgan fingerprint density at radius 3 is 2.62 bits per heavy atom. The summed E-state index contributed by atoms with van der Waals surface area (Å²) >= 11 is 0. The summed E-state index contributed by atoms with van der Waals surface area (Å²) in [5, 5.41) is 3.64. The van der Waals surface area contributed by atoms with Crippen LogP contribution in [0, 0.1) is 12.7 Å². The van der Waals surface area contributed by atoms with Gasteiger partial charge in [0.15, 0.2) is 0 Å². The first-order valence-corrected chi connectivity index (χ1v) is 9.13. The first kappa shape index (κ1) is 18.6. The van der Waals surface area contributed by atoms with Crippen LogP contribution in [-0.2, 0) is 6.54 Å². The molecule has 0 bridgehead atoms. The molecule has 0 saturated carbocycles. The monoisotopic (exact) mass is 387 g/mol. The highest BCUT2D eigenvalue weighted by molar-refractivity contribution is 6.08. The highest BCUT2D eigenvalue weighted by atomic mass is 19.1. The van der Waals surface area contributed by atoms with Gasteiger partial charge < -0.3 is 9.88 Å². The second-order valence-corrected chi connectivity index (χ2v) is 6.76. The number of halogens is 1. The van der Waals surface area contributed by atoms with E-state index >= 15 is 0 Å². The van der Waals surface area contributed by atoms with Crippen LogP contribution in [0.3, 0.4) is 0 Å². The molecule has 0 spiro atoms. The van der Waals surface area contributed by atoms with Crippen molar-refractivity contribution in [1.82, 2.24) is 9.55 Å². The van der Waals surface area contributed by atoms with E-state index in [4.69, 9.17) is 0 Å². The van der Waals surface area contributed by atoms with Crippen LogP contribution in [0.5, 0.6) is 0 Å². The number of anilines is 1. The maximum absolute atomic E-state index is 13.1. The number of carbonyl (C=O) groups is 1. The molecule has 1 amide bonds. The van der Waals surface area contributed by atoms with Crippen molar-refractivity contribution in [2.45, 2.75) is 13.5 Å². The summed E-state index contributed by atoms with van der Waals surface area (Å²) in [5.74, 6) is -0.826. The van der Waals surface area contributed by atoms with E-state index < -0.39 is 11.5 Å². The number of carbonyl (C=O) groups excluding carboxylic acids is 1. The number of nitrogens with one attached hydrogen (secondary N) is 1. The zero-order valence-electron chi connectivity index (χ0n) is 15.7. The van der Waals surface area contributed by atoms with Crippen LogP contribution in [0.25, 0.3) is 10.9 Å². The molecule has 2 heterocycles. The van der Waals surface area contributed by atoms with Crippen molar-refractivity contribution in [3.63, 3.8) is 0 Å². The van der Waals surface area contributed by atoms with Crippen molar-refractivity contribution >= 4 is 22.5 Å². The molecule has 0 radical (unpaired) electrons. The van der Waals surface area contributed by atoms with Crippen molar-refractivity contribution in [3.05, 3.63) is 106 Å². The molecule has 4 rings (SSSR count). The smallest absolute Gasteiger partial charge is 0.263 e. The van der Waals surface area contributed by atoms with E-state index in [0.717, 1.165) is 22.2 Å². The van der Waals surface area contributed by atoms with E-state index in [1.54, 1.807) is 30.5 Å². The molecule has 4 aromatic rings. The van der Waals surface area contributed by atoms with Crippen molar-refractivity contribution in [1.29, 1.82) is 0 Å². The highest BCUT2D eigenvalue weighted by Gasteiger charge is 2.14. The Balaban J connectivity index is 1.65. The van der Waals surface area contributed by atoms with Crippen LogP contribution in [0.2, 0.25) is 0 Å². The van der Waals surface area contributed by atoms with Gasteiger partial charge in [-0.1, -0.05) is 30.3 Å². The number of benzene rings is 2. The normalized spacial score (nSPS) is 10.8. The minimum atomic E-state index is -0.487. The summed E-state index contributed by atoms with van der Waals surface area (Å²) < 4.78 is 14.5. The number of para-hydroxylation sites is 1. The van der Waals surface area contributed by atoms with E-state index in [9.17, 15) is 14.0 Å². The lowest BCUT2D eigenvalue weighted by molar-refractivity contribution is 0.102. The minimum Gasteiger partial charge on any atom is -0.321 e. The molecule has 2 aromatic heterocycles. The van der Waals surface area contributed by atoms with Gasteiger partial charge in [0.25, 0.3) is 11.5 Å². The third-order valence-electron chi connectivity index (χ3n) is 4.62. The topological polar surface area (TPSA) is 64.0 Å². The Hall–Kier alpha value is -3.80. The van der Waals surface area contributed by atoms with Crippen LogP contribution in [-0.4, -0.2) is 15.5 Å². The molecule has 6 heteroatoms. The largest absolute Gasteiger partial charge is 0.321 e. The SMILES string of the molecule is Cc1cc(NC(=O)c2cccn(Cc3ccc(F)cc3)c2=O)c2ccccc2n1. The molecule has 0 fully saturated rings. The van der Waals surface area contributed by atoms with Gasteiger partial charge in [-0.15, -0.1) is 0 Å². The Labute approximate surface area is 166 Å². The van der Waals surface area contributed by atoms with Gasteiger partial charge in [0.1, 0.15) is 11.4 Å². The lowest BCUT2D eigenvalue weighted by Crippen LogP contribution is -2.29. The van der Waals surface area contributed by atoms with Crippen LogP contribution in [0.4, 0.5) is 10.1 Å². The third-order valence-corrected chi connectivity index (χ3v) is 4.62. The third kappa shape index (κ3) is 3.91. The predicted molar refractivity (Wildman–Crippen MR) is 111 cm³/mol. The zero-order valence-corrected chi connectivity index (χ0v) is 15.7. The molecule has 29 heavy (non-hydrogen) atoms. The maximum Gasteiger partial charge on any atom is 0.263 e. The Bertz CT molecular complexity index is 1260. The first-order chi connectivity index (χ1) is 14.0. The van der Waals surface area contributed by atoms with E-state index in [0.29, 0.717) is 5.69 Å². The average Bonchev–Trinajstić information content (AvgIpc) is 2.71. The molecule has 0 unspecified atom stereocenters. The van der Waals surface area contributed by atoms with Gasteiger partial charge >= 0.3 is 0 Å². The van der Waals surface area contributed by atoms with Gasteiger partial charge in [0.05, 0.1) is 17.7 Å². The zero-order chi connectivity index (χ0) is 20.4. The lowest BCUT2D eigenvalue weighted by Gasteiger charge is -2.11. The second-order valence-electron chi connectivity index (χ2n) is 6.76. The van der Waals surface area contributed by atoms with Gasteiger partial charge in [-0.3, -0.25) is 14.6 Å². The minimum absolute atomic E-state index is 0.0353. The van der Waals surface area contributed by atoms with Crippen molar-refractivity contribution in [3.8, 4) is 0 Å². The summed E-state index contributed by atoms with van der Waals surface area (Å²) in [6.07, 6.45) is 1.61. The summed E-state index contributed by atoms with van der Waals surface area (Å²) in [4.78, 5) is 30.1. The average molecular weight is 387 g/mol. The molecular weight excluding hydrogens is 369 g/mol. The van der Waals surface area contributed by atoms with Gasteiger partial charge in [-0.2, -0.15) is 0 Å². The van der Waals surface area contributed by atoms with E-state index in [1.165, 1.54) is 22.8 Å². The molecule has 1 N–H and O–H groups in total. The highest BCUT2D eigenvalue weighted by Crippen LogP contribution is 2.23. The molecular formula is C23H18FN3O2. The number of amides is 1. The quantitative estimate of drug-likeness (QED) is 0.572. The summed E-state index contributed by atoms with van der Waals surface area (Å²) in [5.41, 5.74) is 2.52. The summed E-state index contributed by atoms with van der Waals surface area (Å²) in [6, 6.07) is 18.3. The van der Waals surface area contributed by atoms with Crippen LogP contribution in [0.15, 0.2) is 77.7 Å². The molecule has 144 valence electrons. The maximum atomic E-state index is 13.1. The van der Waals surface area contributed by atoms with E-state index in [2.05, 4.69) is 10.3 Å². The Kier molecular flexibility index (Phi) is 4.91. The fraction of sp³-hybridized carbons (Fsp3) is 0.0870. The number of aromatic nitrogens is 2. The van der Waals surface area contributed by atoms with Gasteiger partial charge in [-0.25, -0.2) is 4.39 Å². The van der Waals surface area contributed by atoms with Gasteiger partial charge in [-0.05, 0) is 48.9 Å². The molecule has 2 aromatic carbocycles. The number of pyridine rings is 2. The van der Waals surface area contributed by atoms with Gasteiger partial charge in [0, 0.05) is 17.3 Å². The first-order valence-electron chi connectivity index (χ1n) is 9.13. The number of nitrogens with zero attached hydrogens (tertiary/aromatic N) is 2. The summed E-state index contributed by atoms with van der Waals surface area (Å²) in [6.45, 7) is 2.10. The standard InChI is InChI=1S/C23H18FN3O2/c1-15-13-21(18-5-2-3-7-20(18)25-15)26-22(28)19-6-4-12-27(23(19)29)14-16-8-10-17(24)11-9-16/h2-13H,14H2,1H3,(H,25,26,28). The molecule has 0 aliphatic carbocycles. The predicted octanol–water partition coefficient (Wildman–Crippen LogP) is 4.14.